The Morgan fingerprint density at radius 3 is 2.31 bits per heavy atom. The summed E-state index contributed by atoms with van der Waals surface area (Å²) in [5, 5.41) is 7.77. The lowest BCUT2D eigenvalue weighted by atomic mass is 10.1. The van der Waals surface area contributed by atoms with E-state index in [1.54, 1.807) is 39.0 Å². The van der Waals surface area contributed by atoms with Crippen molar-refractivity contribution >= 4 is 39.9 Å². The van der Waals surface area contributed by atoms with Gasteiger partial charge in [-0.2, -0.15) is 0 Å². The van der Waals surface area contributed by atoms with Crippen LogP contribution in [0.4, 0.5) is 9.59 Å². The molecule has 158 valence electrons. The molecule has 2 rings (SSSR count). The minimum absolute atomic E-state index is 0.213. The van der Waals surface area contributed by atoms with E-state index >= 15 is 0 Å². The monoisotopic (exact) mass is 468 g/mol. The van der Waals surface area contributed by atoms with Crippen molar-refractivity contribution in [2.45, 2.75) is 32.8 Å². The van der Waals surface area contributed by atoms with Crippen LogP contribution in [-0.2, 0) is 4.74 Å². The van der Waals surface area contributed by atoms with E-state index < -0.39 is 17.7 Å². The van der Waals surface area contributed by atoms with Crippen LogP contribution < -0.4 is 16.0 Å². The smallest absolute Gasteiger partial charge is 0.407 e. The number of halogens is 1. The van der Waals surface area contributed by atoms with Gasteiger partial charge < -0.3 is 20.7 Å². The number of alkyl carbamates (subject to hydrolysis) is 1. The Morgan fingerprint density at radius 1 is 1.00 bits per heavy atom. The first-order valence-corrected chi connectivity index (χ1v) is 10.0. The second-order valence-corrected chi connectivity index (χ2v) is 8.33. The van der Waals surface area contributed by atoms with Gasteiger partial charge in [-0.05, 0) is 45.4 Å². The number of urea groups is 1. The largest absolute Gasteiger partial charge is 0.444 e. The van der Waals surface area contributed by atoms with Crippen molar-refractivity contribution in [2.75, 3.05) is 26.2 Å². The van der Waals surface area contributed by atoms with Gasteiger partial charge >= 0.3 is 12.1 Å². The molecule has 1 aliphatic rings. The van der Waals surface area contributed by atoms with E-state index in [1.807, 2.05) is 0 Å². The highest BCUT2D eigenvalue weighted by Crippen LogP contribution is 2.25. The summed E-state index contributed by atoms with van der Waals surface area (Å²) >= 11 is 3.29. The van der Waals surface area contributed by atoms with Crippen LogP contribution in [0.3, 0.4) is 0 Å². The van der Waals surface area contributed by atoms with Crippen molar-refractivity contribution in [1.82, 2.24) is 20.9 Å². The summed E-state index contributed by atoms with van der Waals surface area (Å²) in [4.78, 5) is 49.0. The molecule has 0 atom stereocenters. The molecule has 0 fully saturated rings. The van der Waals surface area contributed by atoms with Gasteiger partial charge in [0.05, 0.1) is 11.1 Å². The highest BCUT2D eigenvalue weighted by atomic mass is 79.9. The third-order valence-electron chi connectivity index (χ3n) is 3.86. The Balaban J connectivity index is 1.62. The molecule has 0 unspecified atom stereocenters. The highest BCUT2D eigenvalue weighted by molar-refractivity contribution is 9.10. The van der Waals surface area contributed by atoms with Crippen LogP contribution in [0.1, 0.15) is 47.9 Å². The number of hydrogen-bond acceptors (Lipinski definition) is 5. The van der Waals surface area contributed by atoms with Crippen molar-refractivity contribution in [3.8, 4) is 0 Å². The normalized spacial score (nSPS) is 13.2. The van der Waals surface area contributed by atoms with Crippen LogP contribution in [0.5, 0.6) is 0 Å². The molecule has 0 radical (unpaired) electrons. The topological polar surface area (TPSA) is 117 Å². The Morgan fingerprint density at radius 2 is 1.62 bits per heavy atom. The number of ether oxygens (including phenoxy) is 1. The van der Waals surface area contributed by atoms with Gasteiger partial charge in [0.25, 0.3) is 11.8 Å². The minimum atomic E-state index is -0.579. The summed E-state index contributed by atoms with van der Waals surface area (Å²) in [5.41, 5.74) is 0.194. The number of imide groups is 1. The molecule has 9 nitrogen and oxygen atoms in total. The van der Waals surface area contributed by atoms with Crippen molar-refractivity contribution in [1.29, 1.82) is 0 Å². The number of carbonyl (C=O) groups is 4. The van der Waals surface area contributed by atoms with Gasteiger partial charge in [-0.25, -0.2) is 9.59 Å². The molecule has 0 saturated heterocycles. The van der Waals surface area contributed by atoms with E-state index in [1.165, 1.54) is 4.90 Å². The standard InChI is InChI=1S/C19H25BrN4O5/c1-19(2,3)29-18(28)23-9-8-22-17(27)21-7-4-10-24-15(25)13-6-5-12(20)11-14(13)16(24)26/h5-6,11H,4,7-10H2,1-3H3,(H,23,28)(H2,21,22,27). The fraction of sp³-hybridized carbons (Fsp3) is 0.474. The number of rotatable bonds is 7. The number of amides is 5. The first-order chi connectivity index (χ1) is 13.6. The van der Waals surface area contributed by atoms with Gasteiger partial charge in [-0.1, -0.05) is 15.9 Å². The summed E-state index contributed by atoms with van der Waals surface area (Å²) in [5.74, 6) is -0.654. The number of nitrogens with zero attached hydrogens (tertiary/aromatic N) is 1. The molecule has 1 aromatic carbocycles. The molecule has 0 aliphatic carbocycles. The molecule has 3 N–H and O–H groups in total. The first-order valence-electron chi connectivity index (χ1n) is 9.23. The van der Waals surface area contributed by atoms with Crippen LogP contribution in [0.25, 0.3) is 0 Å². The Labute approximate surface area is 177 Å². The van der Waals surface area contributed by atoms with E-state index in [4.69, 9.17) is 4.74 Å². The fourth-order valence-electron chi connectivity index (χ4n) is 2.62. The van der Waals surface area contributed by atoms with E-state index in [-0.39, 0.29) is 31.4 Å². The second-order valence-electron chi connectivity index (χ2n) is 7.42. The highest BCUT2D eigenvalue weighted by Gasteiger charge is 2.34. The Hall–Kier alpha value is -2.62. The zero-order valence-corrected chi connectivity index (χ0v) is 18.2. The molecular weight excluding hydrogens is 444 g/mol. The number of hydrogen-bond donors (Lipinski definition) is 3. The number of nitrogens with one attached hydrogen (secondary N) is 3. The maximum absolute atomic E-state index is 12.3. The molecule has 1 aromatic rings. The molecule has 10 heteroatoms. The lowest BCUT2D eigenvalue weighted by Crippen LogP contribution is -2.42. The van der Waals surface area contributed by atoms with Crippen LogP contribution in [0.15, 0.2) is 22.7 Å². The summed E-state index contributed by atoms with van der Waals surface area (Å²) in [7, 11) is 0. The minimum Gasteiger partial charge on any atom is -0.444 e. The lowest BCUT2D eigenvalue weighted by Gasteiger charge is -2.19. The van der Waals surface area contributed by atoms with E-state index in [0.29, 0.717) is 24.1 Å². The van der Waals surface area contributed by atoms with Gasteiger partial charge in [0.15, 0.2) is 0 Å². The molecule has 0 saturated carbocycles. The quantitative estimate of drug-likeness (QED) is 0.419. The number of fused-ring (bicyclic) bond motifs is 1. The van der Waals surface area contributed by atoms with Crippen molar-refractivity contribution < 1.29 is 23.9 Å². The molecule has 29 heavy (non-hydrogen) atoms. The van der Waals surface area contributed by atoms with E-state index in [9.17, 15) is 19.2 Å². The summed E-state index contributed by atoms with van der Waals surface area (Å²) in [6, 6.07) is 4.57. The van der Waals surface area contributed by atoms with Gasteiger partial charge in [-0.15, -0.1) is 0 Å². The fourth-order valence-corrected chi connectivity index (χ4v) is 2.98. The van der Waals surface area contributed by atoms with Gasteiger partial charge in [-0.3, -0.25) is 14.5 Å². The number of benzene rings is 1. The van der Waals surface area contributed by atoms with Crippen LogP contribution >= 0.6 is 15.9 Å². The van der Waals surface area contributed by atoms with Crippen LogP contribution in [-0.4, -0.2) is 60.6 Å². The maximum atomic E-state index is 12.3. The molecule has 1 aliphatic heterocycles. The molecular formula is C19H25BrN4O5. The second kappa shape index (κ2) is 9.73. The third-order valence-corrected chi connectivity index (χ3v) is 4.35. The van der Waals surface area contributed by atoms with Crippen molar-refractivity contribution in [3.05, 3.63) is 33.8 Å². The molecule has 1 heterocycles. The maximum Gasteiger partial charge on any atom is 0.407 e. The molecule has 5 amide bonds. The van der Waals surface area contributed by atoms with Gasteiger partial charge in [0.1, 0.15) is 5.60 Å². The molecule has 0 aromatic heterocycles. The Bertz CT molecular complexity index is 806. The molecule has 0 bridgehead atoms. The van der Waals surface area contributed by atoms with E-state index in [0.717, 1.165) is 4.47 Å². The zero-order valence-electron chi connectivity index (χ0n) is 16.6. The van der Waals surface area contributed by atoms with Gasteiger partial charge in [0.2, 0.25) is 0 Å². The molecule has 0 spiro atoms. The predicted octanol–water partition coefficient (Wildman–Crippen LogP) is 2.26. The zero-order chi connectivity index (χ0) is 21.6. The summed E-state index contributed by atoms with van der Waals surface area (Å²) in [6.45, 7) is 6.26. The Kier molecular flexibility index (Phi) is 7.60. The lowest BCUT2D eigenvalue weighted by molar-refractivity contribution is 0.0527. The average Bonchev–Trinajstić information content (AvgIpc) is 2.85. The van der Waals surface area contributed by atoms with E-state index in [2.05, 4.69) is 31.9 Å². The predicted molar refractivity (Wildman–Crippen MR) is 110 cm³/mol. The summed E-state index contributed by atoms with van der Waals surface area (Å²) < 4.78 is 5.81. The SMILES string of the molecule is CC(C)(C)OC(=O)NCCNC(=O)NCCCN1C(=O)c2ccc(Br)cc2C1=O. The average molecular weight is 469 g/mol. The van der Waals surface area contributed by atoms with Crippen molar-refractivity contribution in [2.24, 2.45) is 0 Å². The summed E-state index contributed by atoms with van der Waals surface area (Å²) in [6.07, 6.45) is -0.122. The number of carbonyl (C=O) groups excluding carboxylic acids is 4. The van der Waals surface area contributed by atoms with Gasteiger partial charge in [0, 0.05) is 30.7 Å². The first kappa shape index (κ1) is 22.7. The third kappa shape index (κ3) is 6.74. The van der Waals surface area contributed by atoms with Crippen molar-refractivity contribution in [3.63, 3.8) is 0 Å². The van der Waals surface area contributed by atoms with Crippen LogP contribution in [0, 0.1) is 0 Å². The van der Waals surface area contributed by atoms with Crippen LogP contribution in [0.2, 0.25) is 0 Å².